The average Bonchev–Trinajstić information content (AvgIpc) is 3.52. The molecule has 1 aromatic heterocycles. The van der Waals surface area contributed by atoms with Gasteiger partial charge in [0.15, 0.2) is 0 Å². The molecular formula is C21H24ClFN4O. The van der Waals surface area contributed by atoms with Crippen LogP contribution in [0.1, 0.15) is 54.9 Å². The summed E-state index contributed by atoms with van der Waals surface area (Å²) < 4.78 is 13.7. The zero-order valence-electron chi connectivity index (χ0n) is 15.9. The molecule has 2 aliphatic rings. The summed E-state index contributed by atoms with van der Waals surface area (Å²) >= 11 is 5.73. The van der Waals surface area contributed by atoms with Crippen LogP contribution in [-0.2, 0) is 19.4 Å². The van der Waals surface area contributed by atoms with E-state index in [9.17, 15) is 9.18 Å². The van der Waals surface area contributed by atoms with Gasteiger partial charge in [0.1, 0.15) is 11.6 Å². The molecule has 0 unspecified atom stereocenters. The van der Waals surface area contributed by atoms with E-state index < -0.39 is 5.82 Å². The molecule has 0 spiro atoms. The molecule has 2 heterocycles. The normalized spacial score (nSPS) is 17.2. The quantitative estimate of drug-likeness (QED) is 0.804. The van der Waals surface area contributed by atoms with Crippen molar-refractivity contribution in [3.05, 3.63) is 57.9 Å². The van der Waals surface area contributed by atoms with Gasteiger partial charge in [0, 0.05) is 19.2 Å². The Morgan fingerprint density at radius 2 is 2.25 bits per heavy atom. The lowest BCUT2D eigenvalue weighted by Crippen LogP contribution is -2.44. The first kappa shape index (κ1) is 19.1. The Morgan fingerprint density at radius 3 is 3.00 bits per heavy atom. The summed E-state index contributed by atoms with van der Waals surface area (Å²) in [4.78, 5) is 23.7. The molecule has 5 nitrogen and oxygen atoms in total. The van der Waals surface area contributed by atoms with Crippen molar-refractivity contribution < 1.29 is 9.18 Å². The number of carbonyl (C=O) groups is 1. The smallest absolute Gasteiger partial charge is 0.318 e. The summed E-state index contributed by atoms with van der Waals surface area (Å²) in [5.74, 6) is 1.24. The molecule has 2 aromatic rings. The number of rotatable bonds is 5. The van der Waals surface area contributed by atoms with Crippen molar-refractivity contribution >= 4 is 17.6 Å². The number of amides is 2. The lowest BCUT2D eigenvalue weighted by Gasteiger charge is -2.29. The van der Waals surface area contributed by atoms with Gasteiger partial charge in [0.05, 0.1) is 23.3 Å². The molecule has 2 amide bonds. The molecule has 0 saturated heterocycles. The molecular weight excluding hydrogens is 379 g/mol. The third-order valence-electron chi connectivity index (χ3n) is 5.54. The lowest BCUT2D eigenvalue weighted by molar-refractivity contribution is 0.188. The lowest BCUT2D eigenvalue weighted by atomic mass is 10.1. The van der Waals surface area contributed by atoms with Crippen molar-refractivity contribution in [2.24, 2.45) is 5.92 Å². The minimum absolute atomic E-state index is 0.0760. The van der Waals surface area contributed by atoms with Gasteiger partial charge >= 0.3 is 6.03 Å². The van der Waals surface area contributed by atoms with Crippen LogP contribution >= 0.6 is 11.6 Å². The number of carbonyl (C=O) groups excluding carboxylic acids is 1. The molecule has 148 valence electrons. The standard InChI is InChI=1S/C21H24ClFN4O/c1-13(15-5-6-17(22)18(23)10-15)25-21(28)27-9-8-16-11-24-20(26-19(16)12-27)7-4-14-2-3-14/h5-6,10-11,13-14H,2-4,7-9,12H2,1H3,(H,25,28)/t13-/m1/s1. The van der Waals surface area contributed by atoms with Crippen molar-refractivity contribution in [2.45, 2.75) is 51.6 Å². The van der Waals surface area contributed by atoms with Crippen molar-refractivity contribution in [2.75, 3.05) is 6.54 Å². The van der Waals surface area contributed by atoms with Crippen molar-refractivity contribution in [3.63, 3.8) is 0 Å². The maximum absolute atomic E-state index is 13.7. The topological polar surface area (TPSA) is 58.1 Å². The highest BCUT2D eigenvalue weighted by Crippen LogP contribution is 2.33. The first-order chi connectivity index (χ1) is 13.5. The summed E-state index contributed by atoms with van der Waals surface area (Å²) in [6.07, 6.45) is 7.37. The second-order valence-corrected chi connectivity index (χ2v) is 8.16. The van der Waals surface area contributed by atoms with E-state index in [0.717, 1.165) is 42.3 Å². The van der Waals surface area contributed by atoms with Crippen LogP contribution in [0.15, 0.2) is 24.4 Å². The molecule has 28 heavy (non-hydrogen) atoms. The third kappa shape index (κ3) is 4.43. The monoisotopic (exact) mass is 402 g/mol. The molecule has 4 rings (SSSR count). The van der Waals surface area contributed by atoms with E-state index in [2.05, 4.69) is 10.3 Å². The number of halogens is 2. The van der Waals surface area contributed by atoms with Crippen LogP contribution in [0.5, 0.6) is 0 Å². The van der Waals surface area contributed by atoms with Gasteiger partial charge in [-0.1, -0.05) is 30.5 Å². The van der Waals surface area contributed by atoms with E-state index >= 15 is 0 Å². The fourth-order valence-corrected chi connectivity index (χ4v) is 3.64. The van der Waals surface area contributed by atoms with E-state index in [1.165, 1.54) is 25.0 Å². The fourth-order valence-electron chi connectivity index (χ4n) is 3.52. The molecule has 1 aliphatic heterocycles. The van der Waals surface area contributed by atoms with Crippen LogP contribution < -0.4 is 5.32 Å². The highest BCUT2D eigenvalue weighted by molar-refractivity contribution is 6.30. The summed E-state index contributed by atoms with van der Waals surface area (Å²) in [6.45, 7) is 2.92. The molecule has 7 heteroatoms. The van der Waals surface area contributed by atoms with Crippen LogP contribution in [0.3, 0.4) is 0 Å². The molecule has 1 aliphatic carbocycles. The predicted molar refractivity (Wildman–Crippen MR) is 106 cm³/mol. The molecule has 1 N–H and O–H groups in total. The summed E-state index contributed by atoms with van der Waals surface area (Å²) in [5.41, 5.74) is 2.73. The van der Waals surface area contributed by atoms with E-state index in [1.807, 2.05) is 13.1 Å². The van der Waals surface area contributed by atoms with Gasteiger partial charge in [-0.2, -0.15) is 0 Å². The van der Waals surface area contributed by atoms with E-state index in [1.54, 1.807) is 11.0 Å². The van der Waals surface area contributed by atoms with Crippen LogP contribution in [0.4, 0.5) is 9.18 Å². The van der Waals surface area contributed by atoms with Gasteiger partial charge in [-0.3, -0.25) is 0 Å². The molecule has 1 fully saturated rings. The second kappa shape index (κ2) is 8.03. The zero-order valence-corrected chi connectivity index (χ0v) is 16.7. The van der Waals surface area contributed by atoms with Gasteiger partial charge in [-0.05, 0) is 48.9 Å². The number of hydrogen-bond acceptors (Lipinski definition) is 3. The number of nitrogens with one attached hydrogen (secondary N) is 1. The van der Waals surface area contributed by atoms with E-state index in [0.29, 0.717) is 18.7 Å². The zero-order chi connectivity index (χ0) is 19.7. The molecule has 1 saturated carbocycles. The number of nitrogens with zero attached hydrogens (tertiary/aromatic N) is 3. The number of aryl methyl sites for hydroxylation is 1. The Morgan fingerprint density at radius 1 is 1.43 bits per heavy atom. The maximum atomic E-state index is 13.7. The maximum Gasteiger partial charge on any atom is 0.318 e. The highest BCUT2D eigenvalue weighted by Gasteiger charge is 2.25. The largest absolute Gasteiger partial charge is 0.331 e. The van der Waals surface area contributed by atoms with Gasteiger partial charge in [0.2, 0.25) is 0 Å². The molecule has 0 bridgehead atoms. The molecule has 1 atom stereocenters. The van der Waals surface area contributed by atoms with E-state index in [4.69, 9.17) is 16.6 Å². The van der Waals surface area contributed by atoms with Gasteiger partial charge in [-0.25, -0.2) is 19.2 Å². The van der Waals surface area contributed by atoms with Crippen molar-refractivity contribution in [1.29, 1.82) is 0 Å². The SMILES string of the molecule is C[C@@H](NC(=O)N1CCc2cnc(CCC3CC3)nc2C1)c1ccc(Cl)c(F)c1. The van der Waals surface area contributed by atoms with Crippen molar-refractivity contribution in [3.8, 4) is 0 Å². The first-order valence-electron chi connectivity index (χ1n) is 9.83. The summed E-state index contributed by atoms with van der Waals surface area (Å²) in [7, 11) is 0. The van der Waals surface area contributed by atoms with Crippen LogP contribution in [0.25, 0.3) is 0 Å². The van der Waals surface area contributed by atoms with Gasteiger partial charge in [-0.15, -0.1) is 0 Å². The number of fused-ring (bicyclic) bond motifs is 1. The van der Waals surface area contributed by atoms with Crippen LogP contribution in [0.2, 0.25) is 5.02 Å². The summed E-state index contributed by atoms with van der Waals surface area (Å²) in [6, 6.07) is 4.10. The average molecular weight is 403 g/mol. The second-order valence-electron chi connectivity index (χ2n) is 7.76. The van der Waals surface area contributed by atoms with Crippen LogP contribution in [-0.4, -0.2) is 27.4 Å². The highest BCUT2D eigenvalue weighted by atomic mass is 35.5. The Balaban J connectivity index is 1.38. The minimum atomic E-state index is -0.484. The molecule has 1 aromatic carbocycles. The number of hydrogen-bond donors (Lipinski definition) is 1. The number of urea groups is 1. The summed E-state index contributed by atoms with van der Waals surface area (Å²) in [5, 5.41) is 3.02. The molecule has 0 radical (unpaired) electrons. The fraction of sp³-hybridized carbons (Fsp3) is 0.476. The third-order valence-corrected chi connectivity index (χ3v) is 5.85. The first-order valence-corrected chi connectivity index (χ1v) is 10.2. The Labute approximate surface area is 169 Å². The predicted octanol–water partition coefficient (Wildman–Crippen LogP) is 4.44. The Kier molecular flexibility index (Phi) is 5.49. The number of benzene rings is 1. The van der Waals surface area contributed by atoms with E-state index in [-0.39, 0.29) is 17.1 Å². The van der Waals surface area contributed by atoms with Gasteiger partial charge < -0.3 is 10.2 Å². The van der Waals surface area contributed by atoms with Crippen molar-refractivity contribution in [1.82, 2.24) is 20.2 Å². The van der Waals surface area contributed by atoms with Gasteiger partial charge in [0.25, 0.3) is 0 Å². The Bertz CT molecular complexity index is 887. The number of aromatic nitrogens is 2. The minimum Gasteiger partial charge on any atom is -0.331 e. The Hall–Kier alpha value is -2.21. The van der Waals surface area contributed by atoms with Crippen LogP contribution in [0, 0.1) is 11.7 Å².